The minimum Gasteiger partial charge on any atom is -0.489 e. The van der Waals surface area contributed by atoms with E-state index in [1.165, 1.54) is 37.5 Å². The first kappa shape index (κ1) is 22.1. The lowest BCUT2D eigenvalue weighted by atomic mass is 10.2. The molecule has 0 atom stereocenters. The van der Waals surface area contributed by atoms with Crippen molar-refractivity contribution in [1.29, 1.82) is 0 Å². The van der Waals surface area contributed by atoms with Crippen LogP contribution in [0.4, 0.5) is 13.2 Å². The number of aliphatic imine (C=N–C) groups is 1. The minimum atomic E-state index is -4.78. The second-order valence-electron chi connectivity index (χ2n) is 6.27. The van der Waals surface area contributed by atoms with Crippen LogP contribution >= 0.6 is 11.6 Å². The maximum atomic E-state index is 12.3. The third-order valence-corrected chi connectivity index (χ3v) is 4.18. The molecule has 2 rings (SSSR count). The van der Waals surface area contributed by atoms with Crippen molar-refractivity contribution >= 4 is 17.8 Å². The van der Waals surface area contributed by atoms with Crippen molar-refractivity contribution in [2.45, 2.75) is 45.6 Å². The highest BCUT2D eigenvalue weighted by Gasteiger charge is 2.32. The van der Waals surface area contributed by atoms with Crippen molar-refractivity contribution < 1.29 is 22.6 Å². The Morgan fingerprint density at radius 3 is 2.43 bits per heavy atom. The van der Waals surface area contributed by atoms with Gasteiger partial charge in [-0.25, -0.2) is 0 Å². The molecule has 0 saturated carbocycles. The smallest absolute Gasteiger partial charge is 0.489 e. The van der Waals surface area contributed by atoms with Crippen LogP contribution < -0.4 is 9.47 Å². The Hall–Kier alpha value is -2.21. The summed E-state index contributed by atoms with van der Waals surface area (Å²) in [5.41, 5.74) is 1.62. The standard InChI is InChI=1S/C21H23ClF3NO2/c1-2-3-4-5-12-26-14-16-6-9-18(10-7-16)27-15-17-8-11-20(19(22)13-17)28-21(23,24)25/h6-11,13-14H,2-5,12,15H2,1H3/b26-14+. The van der Waals surface area contributed by atoms with E-state index in [4.69, 9.17) is 16.3 Å². The number of rotatable bonds is 10. The molecule has 0 N–H and O–H groups in total. The molecule has 0 bridgehead atoms. The van der Waals surface area contributed by atoms with Crippen molar-refractivity contribution in [1.82, 2.24) is 0 Å². The first-order chi connectivity index (χ1) is 13.4. The lowest BCUT2D eigenvalue weighted by molar-refractivity contribution is -0.274. The Labute approximate surface area is 168 Å². The molecule has 0 fully saturated rings. The van der Waals surface area contributed by atoms with Crippen molar-refractivity contribution in [2.24, 2.45) is 4.99 Å². The Balaban J connectivity index is 1.83. The van der Waals surface area contributed by atoms with Crippen molar-refractivity contribution in [3.8, 4) is 11.5 Å². The number of unbranched alkanes of at least 4 members (excludes halogenated alkanes) is 3. The first-order valence-corrected chi connectivity index (χ1v) is 9.52. The van der Waals surface area contributed by atoms with Gasteiger partial charge in [0.25, 0.3) is 0 Å². The van der Waals surface area contributed by atoms with Gasteiger partial charge in [0.1, 0.15) is 18.1 Å². The van der Waals surface area contributed by atoms with Crippen LogP contribution in [0, 0.1) is 0 Å². The van der Waals surface area contributed by atoms with Crippen molar-refractivity contribution in [2.75, 3.05) is 6.54 Å². The summed E-state index contributed by atoms with van der Waals surface area (Å²) in [6.07, 6.45) is 1.82. The van der Waals surface area contributed by atoms with Crippen LogP contribution in [0.25, 0.3) is 0 Å². The maximum absolute atomic E-state index is 12.3. The number of hydrogen-bond donors (Lipinski definition) is 0. The lowest BCUT2D eigenvalue weighted by Crippen LogP contribution is -2.17. The zero-order chi connectivity index (χ0) is 20.4. The SMILES string of the molecule is CCCCCC/N=C/c1ccc(OCc2ccc(OC(F)(F)F)c(Cl)c2)cc1. The Kier molecular flexibility index (Phi) is 8.64. The van der Waals surface area contributed by atoms with E-state index in [1.54, 1.807) is 0 Å². The van der Waals surface area contributed by atoms with Crippen molar-refractivity contribution in [3.63, 3.8) is 0 Å². The molecule has 0 saturated heterocycles. The largest absolute Gasteiger partial charge is 0.573 e. The predicted octanol–water partition coefficient (Wildman–Crippen LogP) is 6.82. The number of nitrogens with zero attached hydrogens (tertiary/aromatic N) is 1. The van der Waals surface area contributed by atoms with E-state index in [-0.39, 0.29) is 11.6 Å². The third-order valence-electron chi connectivity index (χ3n) is 3.89. The Morgan fingerprint density at radius 1 is 1.04 bits per heavy atom. The normalized spacial score (nSPS) is 11.8. The summed E-state index contributed by atoms with van der Waals surface area (Å²) in [4.78, 5) is 4.41. The van der Waals surface area contributed by atoms with Crippen LogP contribution in [0.2, 0.25) is 5.02 Å². The van der Waals surface area contributed by atoms with Gasteiger partial charge in [0.2, 0.25) is 0 Å². The van der Waals surface area contributed by atoms with Crippen LogP contribution in [-0.4, -0.2) is 19.1 Å². The molecule has 2 aromatic carbocycles. The zero-order valence-corrected chi connectivity index (χ0v) is 16.4. The van der Waals surface area contributed by atoms with E-state index in [0.29, 0.717) is 11.3 Å². The molecule has 0 aromatic heterocycles. The molecule has 0 amide bonds. The topological polar surface area (TPSA) is 30.8 Å². The second-order valence-corrected chi connectivity index (χ2v) is 6.67. The van der Waals surface area contributed by atoms with E-state index in [0.717, 1.165) is 18.5 Å². The molecule has 152 valence electrons. The van der Waals surface area contributed by atoms with E-state index < -0.39 is 12.1 Å². The van der Waals surface area contributed by atoms with E-state index in [9.17, 15) is 13.2 Å². The summed E-state index contributed by atoms with van der Waals surface area (Å²) in [5.74, 6) is 0.211. The Bertz CT molecular complexity index is 761. The number of halogens is 4. The fraction of sp³-hybridized carbons (Fsp3) is 0.381. The van der Waals surface area contributed by atoms with Gasteiger partial charge in [0.15, 0.2) is 0 Å². The van der Waals surface area contributed by atoms with E-state index in [2.05, 4.69) is 16.7 Å². The number of ether oxygens (including phenoxy) is 2. The molecule has 0 aliphatic carbocycles. The summed E-state index contributed by atoms with van der Waals surface area (Å²) in [7, 11) is 0. The van der Waals surface area contributed by atoms with Gasteiger partial charge in [-0.1, -0.05) is 43.9 Å². The summed E-state index contributed by atoms with van der Waals surface area (Å²) >= 11 is 5.83. The molecular formula is C21H23ClF3NO2. The van der Waals surface area contributed by atoms with E-state index >= 15 is 0 Å². The second kappa shape index (κ2) is 11.0. The minimum absolute atomic E-state index is 0.121. The number of hydrogen-bond acceptors (Lipinski definition) is 3. The molecule has 7 heteroatoms. The van der Waals surface area contributed by atoms with Crippen LogP contribution in [-0.2, 0) is 6.61 Å². The molecule has 0 aliphatic heterocycles. The Morgan fingerprint density at radius 2 is 1.79 bits per heavy atom. The van der Waals surface area contributed by atoms with Gasteiger partial charge < -0.3 is 9.47 Å². The molecule has 0 radical (unpaired) electrons. The third kappa shape index (κ3) is 8.21. The van der Waals surface area contributed by atoms with Crippen LogP contribution in [0.5, 0.6) is 11.5 Å². The average molecular weight is 414 g/mol. The predicted molar refractivity (Wildman–Crippen MR) is 106 cm³/mol. The first-order valence-electron chi connectivity index (χ1n) is 9.14. The fourth-order valence-electron chi connectivity index (χ4n) is 2.46. The molecule has 0 unspecified atom stereocenters. The van der Waals surface area contributed by atoms with Gasteiger partial charge in [0.05, 0.1) is 5.02 Å². The van der Waals surface area contributed by atoms with E-state index in [1.807, 2.05) is 30.5 Å². The van der Waals surface area contributed by atoms with Gasteiger partial charge in [0, 0.05) is 12.8 Å². The summed E-state index contributed by atoms with van der Waals surface area (Å²) < 4.78 is 46.3. The quantitative estimate of drug-likeness (QED) is 0.316. The summed E-state index contributed by atoms with van der Waals surface area (Å²) in [6, 6.07) is 11.5. The van der Waals surface area contributed by atoms with Crippen LogP contribution in [0.1, 0.15) is 43.7 Å². The molecule has 28 heavy (non-hydrogen) atoms. The van der Waals surface area contributed by atoms with Crippen LogP contribution in [0.15, 0.2) is 47.5 Å². The highest BCUT2D eigenvalue weighted by molar-refractivity contribution is 6.32. The monoisotopic (exact) mass is 413 g/mol. The van der Waals surface area contributed by atoms with Gasteiger partial charge in [-0.15, -0.1) is 13.2 Å². The highest BCUT2D eigenvalue weighted by atomic mass is 35.5. The maximum Gasteiger partial charge on any atom is 0.573 e. The number of benzene rings is 2. The van der Waals surface area contributed by atoms with Gasteiger partial charge in [-0.3, -0.25) is 4.99 Å². The van der Waals surface area contributed by atoms with Gasteiger partial charge in [-0.2, -0.15) is 0 Å². The lowest BCUT2D eigenvalue weighted by Gasteiger charge is -2.12. The molecule has 3 nitrogen and oxygen atoms in total. The number of alkyl halides is 3. The molecule has 0 aliphatic rings. The summed E-state index contributed by atoms with van der Waals surface area (Å²) in [5, 5.41) is -0.121. The zero-order valence-electron chi connectivity index (χ0n) is 15.6. The summed E-state index contributed by atoms with van der Waals surface area (Å²) in [6.45, 7) is 3.18. The van der Waals surface area contributed by atoms with Crippen LogP contribution in [0.3, 0.4) is 0 Å². The van der Waals surface area contributed by atoms with Gasteiger partial charge >= 0.3 is 6.36 Å². The molecule has 0 heterocycles. The molecular weight excluding hydrogens is 391 g/mol. The highest BCUT2D eigenvalue weighted by Crippen LogP contribution is 2.31. The fourth-order valence-corrected chi connectivity index (χ4v) is 2.70. The average Bonchev–Trinajstić information content (AvgIpc) is 2.65. The van der Waals surface area contributed by atoms with Crippen molar-refractivity contribution in [3.05, 3.63) is 58.6 Å². The van der Waals surface area contributed by atoms with Gasteiger partial charge in [-0.05, 0) is 53.9 Å². The molecule has 0 spiro atoms. The molecule has 2 aromatic rings.